The first-order chi connectivity index (χ1) is 34.6. The van der Waals surface area contributed by atoms with Crippen LogP contribution in [0, 0.1) is 12.3 Å². The second-order valence-corrected chi connectivity index (χ2v) is 21.0. The zero-order valence-electron chi connectivity index (χ0n) is 42.1. The van der Waals surface area contributed by atoms with E-state index in [0.717, 1.165) is 65.5 Å². The fourth-order valence-electron chi connectivity index (χ4n) is 9.81. The van der Waals surface area contributed by atoms with Crippen LogP contribution < -0.4 is 30.9 Å². The highest BCUT2D eigenvalue weighted by Gasteiger charge is 2.44. The van der Waals surface area contributed by atoms with Gasteiger partial charge in [-0.15, -0.1) is 21.5 Å². The first-order valence-corrected chi connectivity index (χ1v) is 26.1. The van der Waals surface area contributed by atoms with E-state index in [1.807, 2.05) is 75.4 Å². The van der Waals surface area contributed by atoms with E-state index in [0.29, 0.717) is 69.2 Å². The van der Waals surface area contributed by atoms with Crippen molar-refractivity contribution in [3.63, 3.8) is 0 Å². The lowest BCUT2D eigenvalue weighted by atomic mass is 9.85. The van der Waals surface area contributed by atoms with Crippen molar-refractivity contribution in [2.24, 2.45) is 5.41 Å². The number of piperidine rings is 1. The number of aromatic nitrogens is 3. The molecule has 18 heteroatoms. The van der Waals surface area contributed by atoms with E-state index in [4.69, 9.17) is 15.2 Å². The molecule has 17 nitrogen and oxygen atoms in total. The molecule has 2 aromatic heterocycles. The molecule has 0 saturated carbocycles. The first-order valence-electron chi connectivity index (χ1n) is 25.2. The van der Waals surface area contributed by atoms with Crippen LogP contribution in [-0.2, 0) is 19.1 Å². The highest BCUT2D eigenvalue weighted by Crippen LogP contribution is 2.34. The topological polar surface area (TPSA) is 212 Å². The van der Waals surface area contributed by atoms with Gasteiger partial charge in [-0.2, -0.15) is 0 Å². The second-order valence-electron chi connectivity index (χ2n) is 20.2. The van der Waals surface area contributed by atoms with Crippen molar-refractivity contribution in [2.75, 3.05) is 81.1 Å². The summed E-state index contributed by atoms with van der Waals surface area (Å²) in [6.45, 7) is 15.5. The van der Waals surface area contributed by atoms with Crippen molar-refractivity contribution in [1.29, 1.82) is 0 Å². The van der Waals surface area contributed by atoms with Gasteiger partial charge in [0.05, 0.1) is 53.8 Å². The third kappa shape index (κ3) is 12.8. The maximum absolute atomic E-state index is 14.1. The minimum absolute atomic E-state index is 0.0720. The van der Waals surface area contributed by atoms with Gasteiger partial charge in [0.25, 0.3) is 0 Å². The van der Waals surface area contributed by atoms with E-state index < -0.39 is 23.6 Å². The number of β-amino-alcohol motifs (C(OH)–C–C–N with tert-alkyl or cyclic N) is 1. The molecule has 8 rings (SSSR count). The Labute approximate surface area is 426 Å². The van der Waals surface area contributed by atoms with Gasteiger partial charge in [0.1, 0.15) is 23.6 Å². The van der Waals surface area contributed by atoms with Gasteiger partial charge >= 0.3 is 0 Å². The number of aromatic hydroxyl groups is 1. The molecule has 6 N–H and O–H groups in total. The molecule has 5 heterocycles. The van der Waals surface area contributed by atoms with Crippen molar-refractivity contribution in [1.82, 2.24) is 35.6 Å². The number of likely N-dealkylation sites (tertiary alicyclic amines) is 1. The van der Waals surface area contributed by atoms with Crippen LogP contribution >= 0.6 is 11.3 Å². The van der Waals surface area contributed by atoms with E-state index in [1.165, 1.54) is 4.90 Å². The predicted octanol–water partition coefficient (Wildman–Crippen LogP) is 6.20. The molecule has 0 bridgehead atoms. The molecule has 3 aromatic carbocycles. The third-order valence-corrected chi connectivity index (χ3v) is 14.9. The minimum atomic E-state index is -0.795. The number of nitrogen functional groups attached to an aromatic ring is 1. The van der Waals surface area contributed by atoms with Gasteiger partial charge in [-0.05, 0) is 92.6 Å². The monoisotopic (exact) mass is 1000 g/mol. The number of carbonyl (C=O) groups excluding carboxylic acids is 3. The van der Waals surface area contributed by atoms with Crippen molar-refractivity contribution >= 4 is 46.3 Å². The van der Waals surface area contributed by atoms with Gasteiger partial charge in [-0.25, -0.2) is 4.98 Å². The molecule has 3 saturated heterocycles. The van der Waals surface area contributed by atoms with E-state index in [-0.39, 0.29) is 54.4 Å². The number of piperazine rings is 1. The second kappa shape index (κ2) is 23.5. The smallest absolute Gasteiger partial charge is 0.243 e. The molecule has 3 aliphatic heterocycles. The van der Waals surface area contributed by atoms with Gasteiger partial charge in [0.2, 0.25) is 17.7 Å². The lowest BCUT2D eigenvalue weighted by Gasteiger charge is -2.37. The third-order valence-electron chi connectivity index (χ3n) is 13.9. The van der Waals surface area contributed by atoms with Crippen molar-refractivity contribution < 1.29 is 34.1 Å². The lowest BCUT2D eigenvalue weighted by Crippen LogP contribution is -2.57. The number of aliphatic hydroxyl groups excluding tert-OH is 1. The number of aliphatic hydroxyl groups is 1. The zero-order chi connectivity index (χ0) is 50.9. The number of nitrogens with one attached hydrogen (secondary N) is 2. The Hall–Kier alpha value is -6.34. The van der Waals surface area contributed by atoms with Gasteiger partial charge < -0.3 is 55.7 Å². The minimum Gasteiger partial charge on any atom is -0.507 e. The molecule has 0 spiro atoms. The van der Waals surface area contributed by atoms with E-state index in [2.05, 4.69) is 59.9 Å². The molecule has 3 fully saturated rings. The quantitative estimate of drug-likeness (QED) is 0.0619. The number of phenols is 1. The maximum Gasteiger partial charge on any atom is 0.243 e. The molecule has 5 atom stereocenters. The van der Waals surface area contributed by atoms with Crippen LogP contribution in [0.15, 0.2) is 84.4 Å². The summed E-state index contributed by atoms with van der Waals surface area (Å²) in [5.74, 6) is 0.340. The number of carbonyl (C=O) groups is 3. The number of hydrogen-bond donors (Lipinski definition) is 5. The van der Waals surface area contributed by atoms with Gasteiger partial charge in [0.15, 0.2) is 11.6 Å². The number of nitrogens with zero attached hydrogens (tertiary/aromatic N) is 7. The Morgan fingerprint density at radius 2 is 1.64 bits per heavy atom. The number of benzene rings is 3. The number of para-hydroxylation sites is 1. The number of nitrogens with two attached hydrogens (primary N) is 1. The Balaban J connectivity index is 0.730. The summed E-state index contributed by atoms with van der Waals surface area (Å²) < 4.78 is 12.3. The standard InChI is InChI=1S/C54H70N10O7S/c1-35(37-13-15-38(16-14-37)49-36(2)57-34-72-49)58-52(68)45-30-41(65)32-64(45)53(69)50(54(3,4)5)56-22-9-28-70-29-21-48(67)62-26-24-61(25-27-62)39-17-19-40(20-18-39)63-23-8-10-42(33-63)71-47-31-44(59-60-51(47)55)43-11-6-7-12-46(43)66/h6-7,11-20,31,34-35,41-42,45,50,56,65-66H,8-10,21-30,32-33H2,1-5H3,(H2,55,60)(H,58,68)/t35-,41+,42?,45-,50+/m1/s1. The van der Waals surface area contributed by atoms with Crippen LogP contribution in [0.1, 0.15) is 77.1 Å². The number of thiazole rings is 1. The Morgan fingerprint density at radius 1 is 0.917 bits per heavy atom. The predicted molar refractivity (Wildman–Crippen MR) is 281 cm³/mol. The number of rotatable bonds is 18. The summed E-state index contributed by atoms with van der Waals surface area (Å²) in [5.41, 5.74) is 13.8. The van der Waals surface area contributed by atoms with Crippen LogP contribution in [0.5, 0.6) is 11.5 Å². The molecule has 3 aliphatic rings. The van der Waals surface area contributed by atoms with Gasteiger partial charge in [-0.3, -0.25) is 14.4 Å². The van der Waals surface area contributed by atoms with Gasteiger partial charge in [-0.1, -0.05) is 57.2 Å². The fourth-order valence-corrected chi connectivity index (χ4v) is 10.6. The molecular weight excluding hydrogens is 933 g/mol. The van der Waals surface area contributed by atoms with Crippen LogP contribution in [0.4, 0.5) is 17.2 Å². The summed E-state index contributed by atoms with van der Waals surface area (Å²) in [6.07, 6.45) is 2.04. The average molecular weight is 1000 g/mol. The number of amides is 3. The van der Waals surface area contributed by atoms with Crippen molar-refractivity contribution in [3.05, 3.63) is 95.6 Å². The molecule has 384 valence electrons. The number of ether oxygens (including phenoxy) is 2. The summed E-state index contributed by atoms with van der Waals surface area (Å²) >= 11 is 1.59. The molecule has 5 aromatic rings. The number of aryl methyl sites for hydroxylation is 1. The highest BCUT2D eigenvalue weighted by atomic mass is 32.1. The SMILES string of the molecule is Cc1ncsc1-c1ccc([C@@H](C)NC(=O)[C@H]2C[C@H](O)CN2C(=O)[C@H](NCCCOCCC(=O)N2CCN(c3ccc(N4CCCC(Oc5cc(-c6ccccc6O)nnc5N)C4)cc3)CC2)C(C)(C)C)cc1. The Kier molecular flexibility index (Phi) is 17.0. The van der Waals surface area contributed by atoms with E-state index in [9.17, 15) is 24.6 Å². The van der Waals surface area contributed by atoms with Crippen LogP contribution in [0.3, 0.4) is 0 Å². The number of phenolic OH excluding ortho intramolecular Hbond substituents is 1. The highest BCUT2D eigenvalue weighted by molar-refractivity contribution is 7.13. The van der Waals surface area contributed by atoms with Crippen molar-refractivity contribution in [3.8, 4) is 33.2 Å². The van der Waals surface area contributed by atoms with Crippen molar-refractivity contribution in [2.45, 2.75) is 97.1 Å². The van der Waals surface area contributed by atoms with E-state index >= 15 is 0 Å². The fraction of sp³-hybridized carbons (Fsp3) is 0.481. The first kappa shape index (κ1) is 52.0. The lowest BCUT2D eigenvalue weighted by molar-refractivity contribution is -0.142. The molecular formula is C54H70N10O7S. The zero-order valence-corrected chi connectivity index (χ0v) is 42.9. The summed E-state index contributed by atoms with van der Waals surface area (Å²) in [6, 6.07) is 23.7. The average Bonchev–Trinajstić information content (AvgIpc) is 4.00. The maximum atomic E-state index is 14.1. The van der Waals surface area contributed by atoms with E-state index in [1.54, 1.807) is 35.6 Å². The number of anilines is 3. The molecule has 0 aliphatic carbocycles. The molecule has 0 radical (unpaired) electrons. The molecule has 72 heavy (non-hydrogen) atoms. The number of hydrogen-bond acceptors (Lipinski definition) is 15. The van der Waals surface area contributed by atoms with Crippen LogP contribution in [0.2, 0.25) is 0 Å². The Morgan fingerprint density at radius 3 is 2.33 bits per heavy atom. The molecule has 1 unspecified atom stereocenters. The largest absolute Gasteiger partial charge is 0.507 e. The normalized spacial score (nSPS) is 19.3. The molecule has 3 amide bonds. The van der Waals surface area contributed by atoms with Crippen LogP contribution in [-0.4, -0.2) is 143 Å². The van der Waals surface area contributed by atoms with Crippen LogP contribution in [0.25, 0.3) is 21.7 Å². The summed E-state index contributed by atoms with van der Waals surface area (Å²) in [4.78, 5) is 54.5. The summed E-state index contributed by atoms with van der Waals surface area (Å²) in [7, 11) is 0. The summed E-state index contributed by atoms with van der Waals surface area (Å²) in [5, 5.41) is 35.8. The Bertz CT molecular complexity index is 2620. The van der Waals surface area contributed by atoms with Gasteiger partial charge in [0, 0.05) is 75.3 Å².